The van der Waals surface area contributed by atoms with E-state index >= 15 is 0 Å². The molecule has 11 nitrogen and oxygen atoms in total. The Kier molecular flexibility index (Phi) is 8.95. The van der Waals surface area contributed by atoms with Crippen LogP contribution in [-0.4, -0.2) is 25.4 Å². The maximum absolute atomic E-state index is 13.1. The SMILES string of the molecule is Cc1ccc(S(=O)(=O)NC(=O)NC(c2ccccc2)C(NC(=O)Nc2ccc([N+](=O)[O-])cc2)c2ccccc2)cc1. The molecule has 0 saturated heterocycles. The first-order chi connectivity index (χ1) is 19.6. The van der Waals surface area contributed by atoms with Crippen molar-refractivity contribution in [2.45, 2.75) is 23.9 Å². The number of hydrogen-bond acceptors (Lipinski definition) is 6. The highest BCUT2D eigenvalue weighted by atomic mass is 32.2. The zero-order valence-corrected chi connectivity index (χ0v) is 22.7. The molecule has 0 radical (unpaired) electrons. The van der Waals surface area contributed by atoms with Crippen LogP contribution in [0.1, 0.15) is 28.8 Å². The summed E-state index contributed by atoms with van der Waals surface area (Å²) in [5, 5.41) is 19.1. The smallest absolute Gasteiger partial charge is 0.329 e. The van der Waals surface area contributed by atoms with E-state index in [9.17, 15) is 28.1 Å². The van der Waals surface area contributed by atoms with Gasteiger partial charge in [-0.1, -0.05) is 78.4 Å². The molecule has 210 valence electrons. The van der Waals surface area contributed by atoms with Crippen molar-refractivity contribution in [3.63, 3.8) is 0 Å². The molecule has 0 aromatic heterocycles. The average Bonchev–Trinajstić information content (AvgIpc) is 2.96. The number of anilines is 1. The van der Waals surface area contributed by atoms with E-state index in [0.29, 0.717) is 16.8 Å². The minimum atomic E-state index is -4.18. The highest BCUT2D eigenvalue weighted by Gasteiger charge is 2.29. The summed E-state index contributed by atoms with van der Waals surface area (Å²) in [6, 6.07) is 25.6. The van der Waals surface area contributed by atoms with E-state index in [1.807, 2.05) is 11.6 Å². The molecule has 0 aliphatic carbocycles. The van der Waals surface area contributed by atoms with Gasteiger partial charge in [-0.25, -0.2) is 22.7 Å². The number of nitrogens with zero attached hydrogens (tertiary/aromatic N) is 1. The monoisotopic (exact) mass is 573 g/mol. The molecule has 4 rings (SSSR count). The lowest BCUT2D eigenvalue weighted by molar-refractivity contribution is -0.384. The van der Waals surface area contributed by atoms with Crippen LogP contribution in [0, 0.1) is 17.0 Å². The van der Waals surface area contributed by atoms with Crippen LogP contribution in [0.4, 0.5) is 21.0 Å². The third kappa shape index (κ3) is 7.67. The fourth-order valence-electron chi connectivity index (χ4n) is 4.08. The summed E-state index contributed by atoms with van der Waals surface area (Å²) < 4.78 is 27.8. The van der Waals surface area contributed by atoms with Gasteiger partial charge < -0.3 is 16.0 Å². The number of nitrogens with one attached hydrogen (secondary N) is 4. The van der Waals surface area contributed by atoms with Gasteiger partial charge in [0.2, 0.25) is 0 Å². The van der Waals surface area contributed by atoms with Gasteiger partial charge in [-0.15, -0.1) is 0 Å². The largest absolute Gasteiger partial charge is 0.329 e. The highest BCUT2D eigenvalue weighted by Crippen LogP contribution is 2.29. The number of carbonyl (C=O) groups is 2. The third-order valence-corrected chi connectivity index (χ3v) is 7.47. The second kappa shape index (κ2) is 12.7. The van der Waals surface area contributed by atoms with Gasteiger partial charge in [0.25, 0.3) is 15.7 Å². The van der Waals surface area contributed by atoms with Crippen molar-refractivity contribution < 1.29 is 22.9 Å². The van der Waals surface area contributed by atoms with Crippen molar-refractivity contribution in [1.29, 1.82) is 0 Å². The minimum absolute atomic E-state index is 0.0743. The molecule has 0 heterocycles. The van der Waals surface area contributed by atoms with Crippen molar-refractivity contribution in [1.82, 2.24) is 15.4 Å². The number of nitro benzene ring substituents is 1. The quantitative estimate of drug-likeness (QED) is 0.159. The molecule has 0 fully saturated rings. The normalized spacial score (nSPS) is 12.4. The van der Waals surface area contributed by atoms with Crippen molar-refractivity contribution in [2.24, 2.45) is 0 Å². The number of rotatable bonds is 9. The maximum Gasteiger partial charge on any atom is 0.329 e. The van der Waals surface area contributed by atoms with E-state index in [2.05, 4.69) is 16.0 Å². The molecule has 4 N–H and O–H groups in total. The Morgan fingerprint density at radius 2 is 1.20 bits per heavy atom. The molecular formula is C29H27N5O6S. The van der Waals surface area contributed by atoms with Gasteiger partial charge in [0.15, 0.2) is 0 Å². The zero-order chi connectivity index (χ0) is 29.4. The number of sulfonamides is 1. The first-order valence-electron chi connectivity index (χ1n) is 12.4. The predicted molar refractivity (Wildman–Crippen MR) is 154 cm³/mol. The van der Waals surface area contributed by atoms with E-state index < -0.39 is 39.1 Å². The molecule has 4 amide bonds. The van der Waals surface area contributed by atoms with Crippen LogP contribution in [0.2, 0.25) is 0 Å². The predicted octanol–water partition coefficient (Wildman–Crippen LogP) is 5.20. The van der Waals surface area contributed by atoms with Crippen LogP contribution in [-0.2, 0) is 10.0 Å². The molecule has 0 aliphatic rings. The first kappa shape index (κ1) is 28.8. The number of nitro groups is 1. The van der Waals surface area contributed by atoms with Gasteiger partial charge in [0.05, 0.1) is 21.9 Å². The van der Waals surface area contributed by atoms with Gasteiger partial charge in [-0.05, 0) is 42.3 Å². The fraction of sp³-hybridized carbons (Fsp3) is 0.103. The Bertz CT molecular complexity index is 1610. The average molecular weight is 574 g/mol. The molecule has 0 spiro atoms. The topological polar surface area (TPSA) is 160 Å². The van der Waals surface area contributed by atoms with E-state index in [-0.39, 0.29) is 10.6 Å². The molecule has 0 aliphatic heterocycles. The summed E-state index contributed by atoms with van der Waals surface area (Å²) >= 11 is 0. The fourth-order valence-corrected chi connectivity index (χ4v) is 5.00. The number of benzene rings is 4. The molecule has 41 heavy (non-hydrogen) atoms. The number of amides is 4. The summed E-state index contributed by atoms with van der Waals surface area (Å²) in [5.41, 5.74) is 2.27. The van der Waals surface area contributed by atoms with E-state index in [0.717, 1.165) is 5.56 Å². The van der Waals surface area contributed by atoms with Crippen LogP contribution < -0.4 is 20.7 Å². The summed E-state index contributed by atoms with van der Waals surface area (Å²) in [4.78, 5) is 36.5. The zero-order valence-electron chi connectivity index (χ0n) is 21.9. The van der Waals surface area contributed by atoms with Crippen molar-refractivity contribution >= 4 is 33.5 Å². The molecule has 4 aromatic rings. The van der Waals surface area contributed by atoms with Gasteiger partial charge in [0, 0.05) is 17.8 Å². The lowest BCUT2D eigenvalue weighted by Gasteiger charge is -2.30. The third-order valence-electron chi connectivity index (χ3n) is 6.12. The van der Waals surface area contributed by atoms with E-state index in [4.69, 9.17) is 0 Å². The van der Waals surface area contributed by atoms with Crippen LogP contribution >= 0.6 is 0 Å². The Labute approximate surface area is 236 Å². The second-order valence-electron chi connectivity index (χ2n) is 9.07. The molecular weight excluding hydrogens is 546 g/mol. The molecule has 0 saturated carbocycles. The van der Waals surface area contributed by atoms with Crippen molar-refractivity contribution in [3.05, 3.63) is 136 Å². The second-order valence-corrected chi connectivity index (χ2v) is 10.8. The van der Waals surface area contributed by atoms with Crippen LogP contribution in [0.25, 0.3) is 0 Å². The minimum Gasteiger partial charge on any atom is -0.329 e. The number of non-ortho nitro benzene ring substituents is 1. The molecule has 0 bridgehead atoms. The van der Waals surface area contributed by atoms with E-state index in [1.54, 1.807) is 72.8 Å². The molecule has 12 heteroatoms. The summed E-state index contributed by atoms with van der Waals surface area (Å²) in [7, 11) is -4.18. The molecule has 4 aromatic carbocycles. The molecule has 2 atom stereocenters. The maximum atomic E-state index is 13.1. The van der Waals surface area contributed by atoms with Crippen LogP contribution in [0.15, 0.2) is 114 Å². The van der Waals surface area contributed by atoms with Crippen LogP contribution in [0.3, 0.4) is 0 Å². The summed E-state index contributed by atoms with van der Waals surface area (Å²) in [6.07, 6.45) is 0. The van der Waals surface area contributed by atoms with Crippen molar-refractivity contribution in [3.8, 4) is 0 Å². The number of hydrogen-bond donors (Lipinski definition) is 4. The van der Waals surface area contributed by atoms with Gasteiger partial charge in [-0.2, -0.15) is 0 Å². The first-order valence-corrected chi connectivity index (χ1v) is 13.9. The molecule has 2 unspecified atom stereocenters. The summed E-state index contributed by atoms with van der Waals surface area (Å²) in [6.45, 7) is 1.81. The standard InChI is InChI=1S/C29H27N5O6S/c1-20-12-18-25(19-13-20)41(39,40)33-29(36)32-27(22-10-6-3-7-11-22)26(21-8-4-2-5-9-21)31-28(35)30-23-14-16-24(17-15-23)34(37)38/h2-19,26-27H,1H3,(H2,30,31,35)(H2,32,33,36). The van der Waals surface area contributed by atoms with E-state index in [1.165, 1.54) is 36.4 Å². The lowest BCUT2D eigenvalue weighted by atomic mass is 9.93. The van der Waals surface area contributed by atoms with Crippen LogP contribution in [0.5, 0.6) is 0 Å². The van der Waals surface area contributed by atoms with Gasteiger partial charge >= 0.3 is 12.1 Å². The summed E-state index contributed by atoms with van der Waals surface area (Å²) in [5.74, 6) is 0. The Balaban J connectivity index is 1.61. The Morgan fingerprint density at radius 1 is 0.707 bits per heavy atom. The number of aryl methyl sites for hydroxylation is 1. The number of urea groups is 2. The highest BCUT2D eigenvalue weighted by molar-refractivity contribution is 7.90. The van der Waals surface area contributed by atoms with Crippen molar-refractivity contribution in [2.75, 3.05) is 5.32 Å². The van der Waals surface area contributed by atoms with Gasteiger partial charge in [0.1, 0.15) is 0 Å². The lowest BCUT2D eigenvalue weighted by Crippen LogP contribution is -2.46. The van der Waals surface area contributed by atoms with Gasteiger partial charge in [-0.3, -0.25) is 10.1 Å². The Morgan fingerprint density at radius 3 is 1.68 bits per heavy atom. The Hall–Kier alpha value is -5.23. The number of carbonyl (C=O) groups excluding carboxylic acids is 2.